The average molecular weight is 490 g/mol. The van der Waals surface area contributed by atoms with Gasteiger partial charge in [-0.15, -0.1) is 0 Å². The van der Waals surface area contributed by atoms with Crippen LogP contribution in [0.2, 0.25) is 0 Å². The number of nitriles is 1. The van der Waals surface area contributed by atoms with Gasteiger partial charge in [0.15, 0.2) is 0 Å². The zero-order chi connectivity index (χ0) is 25.1. The molecular formula is C28H35N5O3. The molecule has 2 aromatic carbocycles. The average Bonchev–Trinajstić information content (AvgIpc) is 3.45. The molecule has 0 aromatic heterocycles. The van der Waals surface area contributed by atoms with Crippen molar-refractivity contribution in [1.82, 2.24) is 15.1 Å². The Balaban J connectivity index is 1.15. The van der Waals surface area contributed by atoms with Gasteiger partial charge in [0.25, 0.3) is 0 Å². The fraction of sp³-hybridized carbons (Fsp3) is 0.500. The quantitative estimate of drug-likeness (QED) is 0.612. The number of likely N-dealkylation sites (N-methyl/N-ethyl adjacent to an activating group) is 1. The number of fused-ring (bicyclic) bond motifs is 1. The molecule has 8 heteroatoms. The number of carbonyl (C=O) groups is 1. The number of nitrogens with one attached hydrogen (secondary N) is 1. The Morgan fingerprint density at radius 1 is 1.03 bits per heavy atom. The summed E-state index contributed by atoms with van der Waals surface area (Å²) in [6.45, 7) is 5.71. The maximum atomic E-state index is 12.9. The molecule has 8 nitrogen and oxygen atoms in total. The lowest BCUT2D eigenvalue weighted by atomic mass is 9.96. The lowest BCUT2D eigenvalue weighted by Crippen LogP contribution is -2.55. The normalized spacial score (nSPS) is 27.4. The van der Waals surface area contributed by atoms with Crippen LogP contribution in [0.25, 0.3) is 11.1 Å². The van der Waals surface area contributed by atoms with E-state index >= 15 is 0 Å². The van der Waals surface area contributed by atoms with E-state index in [-0.39, 0.29) is 24.9 Å². The van der Waals surface area contributed by atoms with Crippen LogP contribution >= 0.6 is 0 Å². The molecule has 1 aliphatic carbocycles. The van der Waals surface area contributed by atoms with Crippen molar-refractivity contribution >= 4 is 5.91 Å². The van der Waals surface area contributed by atoms with E-state index in [0.29, 0.717) is 19.3 Å². The second kappa shape index (κ2) is 10.7. The van der Waals surface area contributed by atoms with Gasteiger partial charge in [0.1, 0.15) is 18.4 Å². The number of hydrogen-bond donors (Lipinski definition) is 2. The molecule has 5 rings (SSSR count). The number of carbonyl (C=O) groups excluding carboxylic acids is 1. The summed E-state index contributed by atoms with van der Waals surface area (Å²) in [5.41, 5.74) is 9.89. The molecule has 0 bridgehead atoms. The number of hydrogen-bond acceptors (Lipinski definition) is 7. The van der Waals surface area contributed by atoms with E-state index in [4.69, 9.17) is 15.2 Å². The Morgan fingerprint density at radius 2 is 1.58 bits per heavy atom. The fourth-order valence-electron chi connectivity index (χ4n) is 5.36. The van der Waals surface area contributed by atoms with Crippen LogP contribution in [0.3, 0.4) is 0 Å². The van der Waals surface area contributed by atoms with Gasteiger partial charge in [-0.3, -0.25) is 9.69 Å². The van der Waals surface area contributed by atoms with Gasteiger partial charge < -0.3 is 25.4 Å². The molecule has 2 aromatic rings. The Kier molecular flexibility index (Phi) is 7.37. The van der Waals surface area contributed by atoms with Crippen molar-refractivity contribution in [1.29, 1.82) is 5.26 Å². The minimum absolute atomic E-state index is 0.144. The summed E-state index contributed by atoms with van der Waals surface area (Å²) in [5, 5.41) is 12.5. The van der Waals surface area contributed by atoms with Crippen molar-refractivity contribution in [3.05, 3.63) is 59.7 Å². The van der Waals surface area contributed by atoms with E-state index in [1.807, 2.05) is 12.1 Å². The molecule has 2 saturated heterocycles. The lowest BCUT2D eigenvalue weighted by Gasteiger charge is -2.32. The van der Waals surface area contributed by atoms with Crippen LogP contribution in [0, 0.1) is 11.3 Å². The van der Waals surface area contributed by atoms with E-state index in [9.17, 15) is 10.1 Å². The Bertz CT molecular complexity index is 1080. The molecule has 2 heterocycles. The summed E-state index contributed by atoms with van der Waals surface area (Å²) < 4.78 is 11.0. The van der Waals surface area contributed by atoms with Gasteiger partial charge >= 0.3 is 0 Å². The third-order valence-corrected chi connectivity index (χ3v) is 7.71. The number of amides is 1. The highest BCUT2D eigenvalue weighted by Gasteiger charge is 2.51. The number of nitrogens with two attached hydrogens (primary N) is 1. The largest absolute Gasteiger partial charge is 0.349 e. The molecule has 3 unspecified atom stereocenters. The Hall–Kier alpha value is -2.80. The monoisotopic (exact) mass is 489 g/mol. The molecule has 3 atom stereocenters. The predicted octanol–water partition coefficient (Wildman–Crippen LogP) is 1.88. The van der Waals surface area contributed by atoms with Crippen molar-refractivity contribution in [3.8, 4) is 17.2 Å². The van der Waals surface area contributed by atoms with Crippen molar-refractivity contribution < 1.29 is 14.3 Å². The highest BCUT2D eigenvalue weighted by Crippen LogP contribution is 2.36. The number of benzene rings is 2. The van der Waals surface area contributed by atoms with Crippen molar-refractivity contribution in [2.45, 2.75) is 49.6 Å². The van der Waals surface area contributed by atoms with E-state index in [1.165, 1.54) is 5.56 Å². The van der Waals surface area contributed by atoms with E-state index in [1.54, 1.807) is 0 Å². The number of piperazine rings is 1. The van der Waals surface area contributed by atoms with E-state index in [0.717, 1.165) is 49.4 Å². The summed E-state index contributed by atoms with van der Waals surface area (Å²) >= 11 is 0. The minimum atomic E-state index is -1.06. The van der Waals surface area contributed by atoms with Crippen molar-refractivity contribution in [2.24, 2.45) is 5.73 Å². The van der Waals surface area contributed by atoms with Gasteiger partial charge in [0.2, 0.25) is 5.91 Å². The van der Waals surface area contributed by atoms with Crippen molar-refractivity contribution in [3.63, 3.8) is 0 Å². The maximum absolute atomic E-state index is 12.9. The fourth-order valence-corrected chi connectivity index (χ4v) is 5.36. The van der Waals surface area contributed by atoms with Crippen LogP contribution < -0.4 is 11.1 Å². The molecule has 2 aliphatic heterocycles. The van der Waals surface area contributed by atoms with Crippen LogP contribution in [0.4, 0.5) is 0 Å². The second-order valence-electron chi connectivity index (χ2n) is 10.4. The lowest BCUT2D eigenvalue weighted by molar-refractivity contribution is -0.127. The van der Waals surface area contributed by atoms with Crippen molar-refractivity contribution in [2.75, 3.05) is 40.0 Å². The first-order chi connectivity index (χ1) is 17.4. The third-order valence-electron chi connectivity index (χ3n) is 7.71. The summed E-state index contributed by atoms with van der Waals surface area (Å²) in [4.78, 5) is 17.7. The standard InChI is InChI=1S/C28H35N5O3/c1-32-10-12-33(13-11-32)18-21-4-8-23(9-5-21)22-6-2-20(3-7-22)14-24(17-29)31-27(34)28(30)15-25-26(16-28)36-19-35-25/h2-9,24-26H,10-16,18-19,30H2,1H3,(H,31,34). The van der Waals surface area contributed by atoms with E-state index < -0.39 is 11.6 Å². The predicted molar refractivity (Wildman–Crippen MR) is 137 cm³/mol. The first-order valence-electron chi connectivity index (χ1n) is 12.7. The number of rotatable bonds is 7. The van der Waals surface area contributed by atoms with Gasteiger partial charge in [0, 0.05) is 52.0 Å². The second-order valence-corrected chi connectivity index (χ2v) is 10.4. The van der Waals surface area contributed by atoms with Crippen LogP contribution in [0.15, 0.2) is 48.5 Å². The van der Waals surface area contributed by atoms with Gasteiger partial charge in [-0.1, -0.05) is 48.5 Å². The molecule has 0 radical (unpaired) electrons. The van der Waals surface area contributed by atoms with Crippen LogP contribution in [-0.4, -0.2) is 79.5 Å². The molecule has 3 aliphatic rings. The van der Waals surface area contributed by atoms with E-state index in [2.05, 4.69) is 64.6 Å². The highest BCUT2D eigenvalue weighted by molar-refractivity contribution is 5.87. The molecule has 0 spiro atoms. The van der Waals surface area contributed by atoms with Crippen LogP contribution in [0.5, 0.6) is 0 Å². The van der Waals surface area contributed by atoms with Gasteiger partial charge in [0.05, 0.1) is 18.3 Å². The number of nitrogens with zero attached hydrogens (tertiary/aromatic N) is 3. The topological polar surface area (TPSA) is 104 Å². The molecule has 1 amide bonds. The maximum Gasteiger partial charge on any atom is 0.241 e. The zero-order valence-electron chi connectivity index (χ0n) is 20.9. The van der Waals surface area contributed by atoms with Gasteiger partial charge in [-0.25, -0.2) is 0 Å². The minimum Gasteiger partial charge on any atom is -0.349 e. The summed E-state index contributed by atoms with van der Waals surface area (Å²) in [5.74, 6) is -0.316. The molecular weight excluding hydrogens is 454 g/mol. The SMILES string of the molecule is CN1CCN(Cc2ccc(-c3ccc(CC(C#N)NC(=O)C4(N)CC5OCOC5C4)cc3)cc2)CC1. The summed E-state index contributed by atoms with van der Waals surface area (Å²) in [6, 6.07) is 18.5. The first kappa shape index (κ1) is 24.9. The number of ether oxygens (including phenoxy) is 2. The molecule has 36 heavy (non-hydrogen) atoms. The Morgan fingerprint density at radius 3 is 2.14 bits per heavy atom. The first-order valence-corrected chi connectivity index (χ1v) is 12.7. The third kappa shape index (κ3) is 5.61. The smallest absolute Gasteiger partial charge is 0.241 e. The molecule has 3 fully saturated rings. The summed E-state index contributed by atoms with van der Waals surface area (Å²) in [7, 11) is 2.18. The van der Waals surface area contributed by atoms with Crippen LogP contribution in [0.1, 0.15) is 24.0 Å². The van der Waals surface area contributed by atoms with Gasteiger partial charge in [-0.05, 0) is 29.3 Å². The molecule has 190 valence electrons. The molecule has 1 saturated carbocycles. The van der Waals surface area contributed by atoms with Crippen LogP contribution in [-0.2, 0) is 27.2 Å². The highest BCUT2D eigenvalue weighted by atomic mass is 16.7. The van der Waals surface area contributed by atoms with Gasteiger partial charge in [-0.2, -0.15) is 5.26 Å². The Labute approximate surface area is 213 Å². The summed E-state index contributed by atoms with van der Waals surface area (Å²) in [6.07, 6.45) is 0.946. The molecule has 3 N–H and O–H groups in total. The zero-order valence-corrected chi connectivity index (χ0v) is 20.9.